The molecule has 1 aliphatic rings. The first-order valence-electron chi connectivity index (χ1n) is 6.49. The SMILES string of the molecule is O=c1[nH]c(-c2coc3ccccc23)nc2c1COCC2. The molecule has 100 valence electrons. The Kier molecular flexibility index (Phi) is 2.47. The summed E-state index contributed by atoms with van der Waals surface area (Å²) in [6, 6.07) is 7.70. The molecule has 0 radical (unpaired) electrons. The first-order valence-corrected chi connectivity index (χ1v) is 6.49. The number of rotatable bonds is 1. The maximum absolute atomic E-state index is 12.1. The van der Waals surface area contributed by atoms with Crippen LogP contribution < -0.4 is 5.56 Å². The van der Waals surface area contributed by atoms with E-state index in [1.807, 2.05) is 24.3 Å². The summed E-state index contributed by atoms with van der Waals surface area (Å²) in [6.45, 7) is 0.944. The highest BCUT2D eigenvalue weighted by Gasteiger charge is 2.18. The standard InChI is InChI=1S/C15H12N2O3/c18-15-11-7-19-6-5-12(11)16-14(17-15)10-8-20-13-4-2-1-3-9(10)13/h1-4,8H,5-7H2,(H,16,17,18). The van der Waals surface area contributed by atoms with Gasteiger partial charge >= 0.3 is 0 Å². The highest BCUT2D eigenvalue weighted by Crippen LogP contribution is 2.28. The molecular formula is C15H12N2O3. The summed E-state index contributed by atoms with van der Waals surface area (Å²) in [7, 11) is 0. The van der Waals surface area contributed by atoms with Crippen molar-refractivity contribution in [3.63, 3.8) is 0 Å². The summed E-state index contributed by atoms with van der Waals surface area (Å²) >= 11 is 0. The second kappa shape index (κ2) is 4.31. The van der Waals surface area contributed by atoms with E-state index >= 15 is 0 Å². The van der Waals surface area contributed by atoms with Gasteiger partial charge in [0.2, 0.25) is 0 Å². The highest BCUT2D eigenvalue weighted by molar-refractivity contribution is 5.91. The van der Waals surface area contributed by atoms with Crippen LogP contribution in [0.4, 0.5) is 0 Å². The second-order valence-electron chi connectivity index (χ2n) is 4.79. The highest BCUT2D eigenvalue weighted by atomic mass is 16.5. The van der Waals surface area contributed by atoms with E-state index in [9.17, 15) is 4.79 Å². The zero-order valence-corrected chi connectivity index (χ0v) is 10.7. The van der Waals surface area contributed by atoms with E-state index in [2.05, 4.69) is 9.97 Å². The maximum atomic E-state index is 12.1. The molecule has 0 unspecified atom stereocenters. The van der Waals surface area contributed by atoms with E-state index in [0.717, 1.165) is 22.2 Å². The topological polar surface area (TPSA) is 68.1 Å². The van der Waals surface area contributed by atoms with Gasteiger partial charge in [-0.2, -0.15) is 0 Å². The van der Waals surface area contributed by atoms with Crippen LogP contribution in [0.5, 0.6) is 0 Å². The maximum Gasteiger partial charge on any atom is 0.256 e. The normalized spacial score (nSPS) is 14.4. The van der Waals surface area contributed by atoms with E-state index < -0.39 is 0 Å². The van der Waals surface area contributed by atoms with Gasteiger partial charge in [-0.3, -0.25) is 4.79 Å². The van der Waals surface area contributed by atoms with Crippen LogP contribution in [0.25, 0.3) is 22.4 Å². The molecule has 0 fully saturated rings. The van der Waals surface area contributed by atoms with Crippen LogP contribution in [-0.4, -0.2) is 16.6 Å². The number of hydrogen-bond donors (Lipinski definition) is 1. The van der Waals surface area contributed by atoms with E-state index in [4.69, 9.17) is 9.15 Å². The Hall–Kier alpha value is -2.40. The van der Waals surface area contributed by atoms with Crippen LogP contribution in [0.2, 0.25) is 0 Å². The lowest BCUT2D eigenvalue weighted by Gasteiger charge is -2.14. The lowest BCUT2D eigenvalue weighted by molar-refractivity contribution is 0.108. The van der Waals surface area contributed by atoms with Gasteiger partial charge in [0.15, 0.2) is 0 Å². The summed E-state index contributed by atoms with van der Waals surface area (Å²) in [4.78, 5) is 19.5. The Morgan fingerprint density at radius 1 is 1.25 bits per heavy atom. The summed E-state index contributed by atoms with van der Waals surface area (Å²) < 4.78 is 10.8. The number of nitrogens with zero attached hydrogens (tertiary/aromatic N) is 1. The molecule has 0 saturated carbocycles. The van der Waals surface area contributed by atoms with Crippen molar-refractivity contribution in [1.82, 2.24) is 9.97 Å². The molecule has 0 saturated heterocycles. The Bertz CT molecular complexity index is 848. The molecule has 1 aliphatic heterocycles. The second-order valence-corrected chi connectivity index (χ2v) is 4.79. The number of aromatic nitrogens is 2. The van der Waals surface area contributed by atoms with Gasteiger partial charge in [-0.25, -0.2) is 4.98 Å². The molecule has 0 atom stereocenters. The van der Waals surface area contributed by atoms with Crippen LogP contribution in [0.15, 0.2) is 39.7 Å². The zero-order chi connectivity index (χ0) is 13.5. The average molecular weight is 268 g/mol. The fourth-order valence-corrected chi connectivity index (χ4v) is 2.53. The summed E-state index contributed by atoms with van der Waals surface area (Å²) in [6.07, 6.45) is 2.30. The molecule has 0 amide bonds. The van der Waals surface area contributed by atoms with Gasteiger partial charge in [0.25, 0.3) is 5.56 Å². The van der Waals surface area contributed by atoms with Crippen LogP contribution in [-0.2, 0) is 17.8 Å². The van der Waals surface area contributed by atoms with Crippen molar-refractivity contribution in [3.05, 3.63) is 52.1 Å². The van der Waals surface area contributed by atoms with Crippen molar-refractivity contribution < 1.29 is 9.15 Å². The van der Waals surface area contributed by atoms with Gasteiger partial charge in [0, 0.05) is 11.8 Å². The fourth-order valence-electron chi connectivity index (χ4n) is 2.53. The minimum Gasteiger partial charge on any atom is -0.464 e. The zero-order valence-electron chi connectivity index (χ0n) is 10.7. The van der Waals surface area contributed by atoms with Gasteiger partial charge in [-0.1, -0.05) is 18.2 Å². The third-order valence-electron chi connectivity index (χ3n) is 3.57. The number of fused-ring (bicyclic) bond motifs is 2. The number of benzene rings is 1. The van der Waals surface area contributed by atoms with E-state index in [1.165, 1.54) is 0 Å². The lowest BCUT2D eigenvalue weighted by Crippen LogP contribution is -2.24. The molecule has 0 bridgehead atoms. The Morgan fingerprint density at radius 3 is 3.10 bits per heavy atom. The molecule has 2 aromatic heterocycles. The van der Waals surface area contributed by atoms with Crippen LogP contribution >= 0.6 is 0 Å². The minimum absolute atomic E-state index is 0.130. The smallest absolute Gasteiger partial charge is 0.256 e. The van der Waals surface area contributed by atoms with Crippen molar-refractivity contribution in [2.75, 3.05) is 6.61 Å². The Balaban J connectivity index is 1.94. The van der Waals surface area contributed by atoms with Crippen molar-refractivity contribution in [3.8, 4) is 11.4 Å². The first-order chi connectivity index (χ1) is 9.83. The number of nitrogens with one attached hydrogen (secondary N) is 1. The van der Waals surface area contributed by atoms with Crippen molar-refractivity contribution in [2.45, 2.75) is 13.0 Å². The van der Waals surface area contributed by atoms with Crippen molar-refractivity contribution in [1.29, 1.82) is 0 Å². The number of aromatic amines is 1. The van der Waals surface area contributed by atoms with Crippen molar-refractivity contribution in [2.24, 2.45) is 0 Å². The molecule has 4 rings (SSSR count). The van der Waals surface area contributed by atoms with Gasteiger partial charge < -0.3 is 14.1 Å². The van der Waals surface area contributed by atoms with Crippen LogP contribution in [0.1, 0.15) is 11.3 Å². The van der Waals surface area contributed by atoms with Crippen molar-refractivity contribution >= 4 is 11.0 Å². The van der Waals surface area contributed by atoms with Gasteiger partial charge in [0.05, 0.1) is 30.0 Å². The number of furan rings is 1. The Labute approximate surface area is 114 Å². The van der Waals surface area contributed by atoms with Gasteiger partial charge in [0.1, 0.15) is 17.7 Å². The molecule has 20 heavy (non-hydrogen) atoms. The molecule has 3 heterocycles. The largest absolute Gasteiger partial charge is 0.464 e. The van der Waals surface area contributed by atoms with Gasteiger partial charge in [-0.05, 0) is 6.07 Å². The first kappa shape index (κ1) is 11.4. The number of para-hydroxylation sites is 1. The molecule has 0 aliphatic carbocycles. The van der Waals surface area contributed by atoms with E-state index in [0.29, 0.717) is 31.0 Å². The molecule has 0 spiro atoms. The quantitative estimate of drug-likeness (QED) is 0.735. The summed E-state index contributed by atoms with van der Waals surface area (Å²) in [5.41, 5.74) is 2.92. The minimum atomic E-state index is -0.130. The van der Waals surface area contributed by atoms with Gasteiger partial charge in [-0.15, -0.1) is 0 Å². The fraction of sp³-hybridized carbons (Fsp3) is 0.200. The molecule has 1 aromatic carbocycles. The molecular weight excluding hydrogens is 256 g/mol. The monoisotopic (exact) mass is 268 g/mol. The van der Waals surface area contributed by atoms with E-state index in [1.54, 1.807) is 6.26 Å². The molecule has 3 aromatic rings. The summed E-state index contributed by atoms with van der Waals surface area (Å²) in [5.74, 6) is 0.556. The molecule has 5 heteroatoms. The summed E-state index contributed by atoms with van der Waals surface area (Å²) in [5, 5.41) is 0.947. The van der Waals surface area contributed by atoms with E-state index in [-0.39, 0.29) is 5.56 Å². The predicted octanol–water partition coefficient (Wildman–Crippen LogP) is 2.26. The number of H-pyrrole nitrogens is 1. The lowest BCUT2D eigenvalue weighted by atomic mass is 10.1. The molecule has 5 nitrogen and oxygen atoms in total. The van der Waals surface area contributed by atoms with Crippen LogP contribution in [0.3, 0.4) is 0 Å². The third kappa shape index (κ3) is 1.67. The van der Waals surface area contributed by atoms with Crippen LogP contribution in [0, 0.1) is 0 Å². The predicted molar refractivity (Wildman–Crippen MR) is 73.4 cm³/mol. The molecule has 1 N–H and O–H groups in total. The average Bonchev–Trinajstić information content (AvgIpc) is 2.91. The third-order valence-corrected chi connectivity index (χ3v) is 3.57. The number of hydrogen-bond acceptors (Lipinski definition) is 4. The Morgan fingerprint density at radius 2 is 2.15 bits per heavy atom. The number of ether oxygens (including phenoxy) is 1.